The summed E-state index contributed by atoms with van der Waals surface area (Å²) < 4.78 is 17.2. The third kappa shape index (κ3) is 3.28. The zero-order valence-electron chi connectivity index (χ0n) is 10.8. The predicted molar refractivity (Wildman–Crippen MR) is 71.8 cm³/mol. The third-order valence-corrected chi connectivity index (χ3v) is 3.97. The van der Waals surface area contributed by atoms with Gasteiger partial charge in [-0.3, -0.25) is 4.68 Å². The maximum Gasteiger partial charge on any atom is 0.128 e. The summed E-state index contributed by atoms with van der Waals surface area (Å²) in [6, 6.07) is 0. The summed E-state index contributed by atoms with van der Waals surface area (Å²) in [6.07, 6.45) is 2.44. The summed E-state index contributed by atoms with van der Waals surface area (Å²) in [4.78, 5) is 0. The van der Waals surface area contributed by atoms with E-state index in [2.05, 4.69) is 21.0 Å². The van der Waals surface area contributed by atoms with Crippen LogP contribution in [-0.2, 0) is 19.9 Å². The van der Waals surface area contributed by atoms with E-state index in [1.165, 1.54) is 0 Å². The lowest BCUT2D eigenvalue weighted by molar-refractivity contribution is 0.155. The number of nitrogens with two attached hydrogens (primary N) is 1. The molecule has 0 aromatic carbocycles. The Morgan fingerprint density at radius 1 is 1.47 bits per heavy atom. The molecule has 0 fully saturated rings. The van der Waals surface area contributed by atoms with Crippen LogP contribution in [0, 0.1) is 0 Å². The van der Waals surface area contributed by atoms with Crippen LogP contribution in [0.4, 0.5) is 4.39 Å². The van der Waals surface area contributed by atoms with Crippen LogP contribution >= 0.6 is 15.9 Å². The molecule has 1 heterocycles. The van der Waals surface area contributed by atoms with Crippen LogP contribution in [0.5, 0.6) is 0 Å². The molecule has 0 aliphatic heterocycles. The van der Waals surface area contributed by atoms with Crippen molar-refractivity contribution >= 4 is 15.9 Å². The molecule has 1 unspecified atom stereocenters. The Labute approximate surface area is 111 Å². The SMILES string of the molecule is CCCC(F)(CN)Cc1c(Br)c(CC)nn1C. The zero-order chi connectivity index (χ0) is 13.1. The van der Waals surface area contributed by atoms with Crippen molar-refractivity contribution in [3.05, 3.63) is 15.9 Å². The van der Waals surface area contributed by atoms with Crippen LogP contribution in [0.2, 0.25) is 0 Å². The number of halogens is 2. The van der Waals surface area contributed by atoms with Gasteiger partial charge < -0.3 is 5.73 Å². The summed E-state index contributed by atoms with van der Waals surface area (Å²) in [5.41, 5.74) is 6.10. The molecule has 0 saturated heterocycles. The standard InChI is InChI=1S/C12H21BrFN3/c1-4-6-12(14,8-15)7-10-11(13)9(5-2)16-17(10)3/h4-8,15H2,1-3H3. The molecule has 98 valence electrons. The first-order chi connectivity index (χ1) is 7.97. The molecule has 0 spiro atoms. The van der Waals surface area contributed by atoms with Gasteiger partial charge in [-0.15, -0.1) is 0 Å². The molecule has 3 nitrogen and oxygen atoms in total. The topological polar surface area (TPSA) is 43.8 Å². The van der Waals surface area contributed by atoms with E-state index in [9.17, 15) is 4.39 Å². The molecule has 5 heteroatoms. The predicted octanol–water partition coefficient (Wildman–Crippen LogP) is 2.75. The lowest BCUT2D eigenvalue weighted by atomic mass is 9.94. The highest BCUT2D eigenvalue weighted by Crippen LogP contribution is 2.29. The minimum absolute atomic E-state index is 0.0555. The first-order valence-electron chi connectivity index (χ1n) is 6.06. The fraction of sp³-hybridized carbons (Fsp3) is 0.750. The van der Waals surface area contributed by atoms with E-state index in [-0.39, 0.29) is 6.54 Å². The minimum Gasteiger partial charge on any atom is -0.328 e. The van der Waals surface area contributed by atoms with Gasteiger partial charge in [0.05, 0.1) is 15.9 Å². The van der Waals surface area contributed by atoms with E-state index < -0.39 is 5.67 Å². The second-order valence-electron chi connectivity index (χ2n) is 4.47. The lowest BCUT2D eigenvalue weighted by Gasteiger charge is -2.23. The van der Waals surface area contributed by atoms with Crippen LogP contribution in [0.25, 0.3) is 0 Å². The van der Waals surface area contributed by atoms with Crippen LogP contribution < -0.4 is 5.73 Å². The summed E-state index contributed by atoms with van der Waals surface area (Å²) >= 11 is 3.50. The molecule has 0 radical (unpaired) electrons. The van der Waals surface area contributed by atoms with Crippen molar-refractivity contribution in [3.63, 3.8) is 0 Å². The quantitative estimate of drug-likeness (QED) is 0.878. The Bertz CT molecular complexity index is 378. The number of hydrogen-bond donors (Lipinski definition) is 1. The van der Waals surface area contributed by atoms with E-state index >= 15 is 0 Å². The van der Waals surface area contributed by atoms with Gasteiger partial charge in [-0.25, -0.2) is 4.39 Å². The Morgan fingerprint density at radius 3 is 2.53 bits per heavy atom. The fourth-order valence-corrected chi connectivity index (χ4v) is 2.78. The molecular formula is C12H21BrFN3. The average molecular weight is 306 g/mol. The van der Waals surface area contributed by atoms with Gasteiger partial charge in [-0.1, -0.05) is 20.3 Å². The van der Waals surface area contributed by atoms with Crippen LogP contribution in [-0.4, -0.2) is 22.0 Å². The van der Waals surface area contributed by atoms with E-state index in [0.717, 1.165) is 28.7 Å². The molecular weight excluding hydrogens is 285 g/mol. The Kier molecular flexibility index (Phi) is 5.13. The number of rotatable bonds is 6. The van der Waals surface area contributed by atoms with E-state index in [1.807, 2.05) is 20.9 Å². The molecule has 1 atom stereocenters. The number of hydrogen-bond acceptors (Lipinski definition) is 2. The van der Waals surface area contributed by atoms with Crippen LogP contribution in [0.1, 0.15) is 38.1 Å². The van der Waals surface area contributed by atoms with Gasteiger partial charge in [-0.2, -0.15) is 5.10 Å². The molecule has 0 bridgehead atoms. The molecule has 1 aromatic heterocycles. The Balaban J connectivity index is 2.97. The summed E-state index contributed by atoms with van der Waals surface area (Å²) in [5.74, 6) is 0. The van der Waals surface area contributed by atoms with E-state index in [1.54, 1.807) is 4.68 Å². The monoisotopic (exact) mass is 305 g/mol. The maximum absolute atomic E-state index is 14.5. The number of aromatic nitrogens is 2. The molecule has 1 rings (SSSR count). The van der Waals surface area contributed by atoms with Crippen LogP contribution in [0.15, 0.2) is 4.47 Å². The molecule has 0 aliphatic carbocycles. The highest BCUT2D eigenvalue weighted by atomic mass is 79.9. The normalized spacial score (nSPS) is 14.9. The van der Waals surface area contributed by atoms with Crippen molar-refractivity contribution in [3.8, 4) is 0 Å². The Hall–Kier alpha value is -0.420. The van der Waals surface area contributed by atoms with Crippen molar-refractivity contribution in [2.24, 2.45) is 12.8 Å². The number of alkyl halides is 1. The highest BCUT2D eigenvalue weighted by Gasteiger charge is 2.30. The second kappa shape index (κ2) is 5.96. The van der Waals surface area contributed by atoms with Crippen molar-refractivity contribution < 1.29 is 4.39 Å². The van der Waals surface area contributed by atoms with Crippen molar-refractivity contribution in [2.45, 2.75) is 45.2 Å². The van der Waals surface area contributed by atoms with Gasteiger partial charge in [0, 0.05) is 20.0 Å². The molecule has 2 N–H and O–H groups in total. The molecule has 1 aromatic rings. The summed E-state index contributed by atoms with van der Waals surface area (Å²) in [7, 11) is 1.85. The van der Waals surface area contributed by atoms with Gasteiger partial charge in [0.2, 0.25) is 0 Å². The molecule has 0 amide bonds. The first-order valence-corrected chi connectivity index (χ1v) is 6.86. The number of aryl methyl sites for hydroxylation is 2. The summed E-state index contributed by atoms with van der Waals surface area (Å²) in [5, 5.41) is 4.37. The van der Waals surface area contributed by atoms with Crippen molar-refractivity contribution in [2.75, 3.05) is 6.54 Å². The van der Waals surface area contributed by atoms with Gasteiger partial charge in [0.25, 0.3) is 0 Å². The lowest BCUT2D eigenvalue weighted by Crippen LogP contribution is -2.36. The zero-order valence-corrected chi connectivity index (χ0v) is 12.3. The smallest absolute Gasteiger partial charge is 0.128 e. The van der Waals surface area contributed by atoms with Gasteiger partial charge in [0.15, 0.2) is 0 Å². The molecule has 0 saturated carbocycles. The average Bonchev–Trinajstić information content (AvgIpc) is 2.57. The molecule has 0 aliphatic rings. The maximum atomic E-state index is 14.5. The van der Waals surface area contributed by atoms with Crippen molar-refractivity contribution in [1.29, 1.82) is 0 Å². The Morgan fingerprint density at radius 2 is 2.12 bits per heavy atom. The van der Waals surface area contributed by atoms with Gasteiger partial charge in [0.1, 0.15) is 5.67 Å². The molecule has 17 heavy (non-hydrogen) atoms. The largest absolute Gasteiger partial charge is 0.328 e. The summed E-state index contributed by atoms with van der Waals surface area (Å²) in [6.45, 7) is 4.06. The van der Waals surface area contributed by atoms with Gasteiger partial charge in [-0.05, 0) is 28.8 Å². The van der Waals surface area contributed by atoms with E-state index in [0.29, 0.717) is 12.8 Å². The first kappa shape index (κ1) is 14.6. The third-order valence-electron chi connectivity index (χ3n) is 3.05. The van der Waals surface area contributed by atoms with Crippen LogP contribution in [0.3, 0.4) is 0 Å². The van der Waals surface area contributed by atoms with Gasteiger partial charge >= 0.3 is 0 Å². The van der Waals surface area contributed by atoms with E-state index in [4.69, 9.17) is 5.73 Å². The number of nitrogens with zero attached hydrogens (tertiary/aromatic N) is 2. The fourth-order valence-electron chi connectivity index (χ4n) is 2.02. The minimum atomic E-state index is -1.32. The highest BCUT2D eigenvalue weighted by molar-refractivity contribution is 9.10. The van der Waals surface area contributed by atoms with Crippen molar-refractivity contribution in [1.82, 2.24) is 9.78 Å². The second-order valence-corrected chi connectivity index (χ2v) is 5.26.